The lowest BCUT2D eigenvalue weighted by Gasteiger charge is -2.40. The molecule has 2 aromatic rings. The van der Waals surface area contributed by atoms with Crippen LogP contribution < -0.4 is 21.9 Å². The molecule has 0 saturated carbocycles. The molecule has 23 heteroatoms. The molecule has 8 N–H and O–H groups in total. The fourth-order valence-electron chi connectivity index (χ4n) is 7.54. The molecule has 2 aromatic heterocycles. The molecule has 63 heavy (non-hydrogen) atoms. The van der Waals surface area contributed by atoms with Crippen LogP contribution in [0.3, 0.4) is 0 Å². The van der Waals surface area contributed by atoms with Gasteiger partial charge in [0.25, 0.3) is 5.56 Å². The minimum atomic E-state index is -1.60. The van der Waals surface area contributed by atoms with Crippen LogP contribution in [0.15, 0.2) is 22.0 Å². The summed E-state index contributed by atoms with van der Waals surface area (Å²) in [5, 5.41) is 63.3. The first kappa shape index (κ1) is 51.4. The fraction of sp³-hybridized carbons (Fsp3) is 0.750. The monoisotopic (exact) mass is 911 g/mol. The van der Waals surface area contributed by atoms with Crippen molar-refractivity contribution in [3.05, 3.63) is 44.5 Å². The lowest BCUT2D eigenvalue weighted by atomic mass is 9.95. The summed E-state index contributed by atoms with van der Waals surface area (Å²) in [5.41, 5.74) is 0.143. The maximum Gasteiger partial charge on any atom is 0.330 e. The van der Waals surface area contributed by atoms with Gasteiger partial charge in [0.05, 0.1) is 25.0 Å². The van der Waals surface area contributed by atoms with Crippen LogP contribution in [0.25, 0.3) is 0 Å². The van der Waals surface area contributed by atoms with Gasteiger partial charge in [0.2, 0.25) is 23.6 Å². The number of rotatable bonds is 26. The van der Waals surface area contributed by atoms with Crippen LogP contribution in [0.1, 0.15) is 82.7 Å². The Hall–Kier alpha value is -4.23. The Balaban J connectivity index is 1.11. The predicted molar refractivity (Wildman–Crippen MR) is 228 cm³/mol. The quantitative estimate of drug-likeness (QED) is 0.0463. The van der Waals surface area contributed by atoms with Gasteiger partial charge < -0.3 is 55.4 Å². The molecule has 4 heterocycles. The third-order valence-electron chi connectivity index (χ3n) is 11.2. The first-order chi connectivity index (χ1) is 30.2. The van der Waals surface area contributed by atoms with E-state index in [9.17, 15) is 54.3 Å². The topological polar surface area (TPSA) is 304 Å². The minimum Gasteiger partial charge on any atom is -0.394 e. The van der Waals surface area contributed by atoms with Gasteiger partial charge in [-0.2, -0.15) is 11.8 Å². The van der Waals surface area contributed by atoms with Crippen molar-refractivity contribution in [3.63, 3.8) is 0 Å². The van der Waals surface area contributed by atoms with Crippen molar-refractivity contribution in [2.24, 2.45) is 5.92 Å². The lowest BCUT2D eigenvalue weighted by Crippen LogP contribution is -2.64. The Morgan fingerprint density at radius 1 is 0.889 bits per heavy atom. The highest BCUT2D eigenvalue weighted by atomic mass is 32.2. The second-order valence-corrected chi connectivity index (χ2v) is 17.0. The van der Waals surface area contributed by atoms with Crippen molar-refractivity contribution in [3.8, 4) is 0 Å². The maximum atomic E-state index is 12.8. The number of aliphatic hydroxyl groups is 5. The van der Waals surface area contributed by atoms with E-state index >= 15 is 0 Å². The molecule has 2 fully saturated rings. The number of aliphatic hydroxyl groups excluding tert-OH is 5. The van der Waals surface area contributed by atoms with Gasteiger partial charge in [0, 0.05) is 94.4 Å². The number of aromatic amines is 1. The maximum absolute atomic E-state index is 12.8. The van der Waals surface area contributed by atoms with E-state index < -0.39 is 66.7 Å². The van der Waals surface area contributed by atoms with Crippen LogP contribution in [0.4, 0.5) is 0 Å². The summed E-state index contributed by atoms with van der Waals surface area (Å²) in [7, 11) is 0. The van der Waals surface area contributed by atoms with Crippen molar-refractivity contribution in [1.82, 2.24) is 45.0 Å². The highest BCUT2D eigenvalue weighted by Crippen LogP contribution is 2.35. The predicted octanol–water partition coefficient (Wildman–Crippen LogP) is -2.23. The molecule has 2 aliphatic heterocycles. The van der Waals surface area contributed by atoms with Crippen molar-refractivity contribution >= 4 is 35.4 Å². The minimum absolute atomic E-state index is 0.00352. The molecule has 2 saturated heterocycles. The Bertz CT molecular complexity index is 1900. The second-order valence-electron chi connectivity index (χ2n) is 15.8. The van der Waals surface area contributed by atoms with Crippen LogP contribution >= 0.6 is 11.8 Å². The smallest absolute Gasteiger partial charge is 0.330 e. The molecule has 0 aromatic carbocycles. The van der Waals surface area contributed by atoms with E-state index in [4.69, 9.17) is 9.47 Å². The number of nitrogens with one attached hydrogen (secondary N) is 3. The highest BCUT2D eigenvalue weighted by Gasteiger charge is 2.44. The molecular formula is C40H65N9O13S. The summed E-state index contributed by atoms with van der Waals surface area (Å²) in [6.45, 7) is 6.37. The van der Waals surface area contributed by atoms with Gasteiger partial charge >= 0.3 is 5.69 Å². The average molecular weight is 912 g/mol. The molecule has 0 bridgehead atoms. The molecule has 8 atom stereocenters. The molecular weight excluding hydrogens is 847 g/mol. The first-order valence-corrected chi connectivity index (χ1v) is 22.8. The number of thioether (sulfide) groups is 1. The molecule has 0 spiro atoms. The van der Waals surface area contributed by atoms with Crippen LogP contribution in [0.5, 0.6) is 0 Å². The molecule has 4 amide bonds. The van der Waals surface area contributed by atoms with E-state index in [0.717, 1.165) is 18.5 Å². The summed E-state index contributed by atoms with van der Waals surface area (Å²) >= 11 is 1.43. The molecule has 354 valence electrons. The number of nitrogens with zero attached hydrogens (tertiary/aromatic N) is 6. The number of aromatic nitrogens is 5. The number of aryl methyl sites for hydroxylation is 3. The van der Waals surface area contributed by atoms with Crippen LogP contribution in [0, 0.1) is 12.8 Å². The summed E-state index contributed by atoms with van der Waals surface area (Å²) in [6, 6.07) is -1.26. The molecule has 3 unspecified atom stereocenters. The van der Waals surface area contributed by atoms with Gasteiger partial charge in [0.1, 0.15) is 30.6 Å². The summed E-state index contributed by atoms with van der Waals surface area (Å²) < 4.78 is 14.1. The number of hydrogen-bond acceptors (Lipinski definition) is 16. The normalized spacial score (nSPS) is 23.4. The van der Waals surface area contributed by atoms with E-state index in [2.05, 4.69) is 25.9 Å². The summed E-state index contributed by atoms with van der Waals surface area (Å²) in [4.78, 5) is 80.4. The number of carbonyl (C=O) groups excluding carboxylic acids is 4. The second kappa shape index (κ2) is 25.9. The number of hydrogen-bond donors (Lipinski definition) is 8. The van der Waals surface area contributed by atoms with E-state index in [1.54, 1.807) is 35.3 Å². The fourth-order valence-corrected chi connectivity index (χ4v) is 8.43. The van der Waals surface area contributed by atoms with Crippen molar-refractivity contribution in [2.45, 2.75) is 128 Å². The average Bonchev–Trinajstić information content (AvgIpc) is 3.91. The van der Waals surface area contributed by atoms with Gasteiger partial charge in [0.15, 0.2) is 6.29 Å². The number of carbonyl (C=O) groups is 4. The highest BCUT2D eigenvalue weighted by molar-refractivity contribution is 7.99. The van der Waals surface area contributed by atoms with E-state index in [1.165, 1.54) is 22.5 Å². The Morgan fingerprint density at radius 3 is 2.27 bits per heavy atom. The third-order valence-corrected chi connectivity index (χ3v) is 12.2. The van der Waals surface area contributed by atoms with Crippen LogP contribution in [0.2, 0.25) is 0 Å². The van der Waals surface area contributed by atoms with Crippen molar-refractivity contribution in [2.75, 3.05) is 57.4 Å². The zero-order valence-electron chi connectivity index (χ0n) is 36.3. The van der Waals surface area contributed by atoms with Gasteiger partial charge in [-0.1, -0.05) is 19.1 Å². The van der Waals surface area contributed by atoms with Crippen molar-refractivity contribution in [1.29, 1.82) is 0 Å². The standard InChI is InChI=1S/C40H65N9O13S/c1-4-32(54)46(15-16-47(33(55)5-2)17-19-63-18-11-31(53)42-35-37(57)36(56)29(24-51)62-39(35)59)14-12-41-30(52)10-6-9-27-22-48(45-44-27)13-7-8-26-20-34(61-28(26)23-50)49-21-25(3)38(58)43-40(49)60/h21-22,26,28-29,34-37,39,50-51,56-57,59H,4-20,23-24H2,1-3H3,(H,41,52)(H,42,53)(H,43,58,60)/t26-,28-,29?,34-,35?,36-,37+,39?/m1/s1. The Labute approximate surface area is 369 Å². The van der Waals surface area contributed by atoms with Crippen LogP contribution in [-0.2, 0) is 41.6 Å². The molecule has 4 rings (SSSR count). The number of ether oxygens (including phenoxy) is 2. The van der Waals surface area contributed by atoms with Gasteiger partial charge in [-0.05, 0) is 44.9 Å². The molecule has 0 aliphatic carbocycles. The summed E-state index contributed by atoms with van der Waals surface area (Å²) in [6.07, 6.45) is 0.373. The van der Waals surface area contributed by atoms with E-state index in [-0.39, 0.29) is 75.6 Å². The third kappa shape index (κ3) is 15.5. The largest absolute Gasteiger partial charge is 0.394 e. The van der Waals surface area contributed by atoms with Crippen LogP contribution in [-0.4, -0.2) is 178 Å². The molecule has 22 nitrogen and oxygen atoms in total. The van der Waals surface area contributed by atoms with Gasteiger partial charge in [-0.15, -0.1) is 5.10 Å². The summed E-state index contributed by atoms with van der Waals surface area (Å²) in [5.74, 6) is 0.0471. The lowest BCUT2D eigenvalue weighted by molar-refractivity contribution is -0.253. The Kier molecular flexibility index (Phi) is 21.1. The van der Waals surface area contributed by atoms with E-state index in [1.807, 2.05) is 6.20 Å². The number of amides is 4. The zero-order valence-corrected chi connectivity index (χ0v) is 37.1. The first-order valence-electron chi connectivity index (χ1n) is 21.7. The zero-order chi connectivity index (χ0) is 46.1. The Morgan fingerprint density at radius 2 is 1.59 bits per heavy atom. The molecule has 0 radical (unpaired) electrons. The van der Waals surface area contributed by atoms with Crippen molar-refractivity contribution < 1.29 is 54.2 Å². The SMILES string of the molecule is CCC(=O)N(CCNC(=O)CCCc1cn(CCC[C@@H]2C[C@H](n3cc(C)c(=O)[nH]c3=O)O[C@@H]2CO)nn1)CCN(CCSCCC(=O)NC1C(O)OC(CO)[C@@H](O)[C@H]1O)C(=O)CC. The van der Waals surface area contributed by atoms with Gasteiger partial charge in [-0.25, -0.2) is 4.79 Å². The number of H-pyrrole nitrogens is 1. The van der Waals surface area contributed by atoms with Gasteiger partial charge in [-0.3, -0.25) is 38.2 Å². The van der Waals surface area contributed by atoms with E-state index in [0.29, 0.717) is 56.0 Å². The molecule has 2 aliphatic rings.